The van der Waals surface area contributed by atoms with Crippen LogP contribution in [0.5, 0.6) is 0 Å². The van der Waals surface area contributed by atoms with Crippen molar-refractivity contribution in [1.82, 2.24) is 4.31 Å². The van der Waals surface area contributed by atoms with Gasteiger partial charge in [-0.15, -0.1) is 0 Å². The number of fused-ring (bicyclic) bond motifs is 1. The molecule has 0 spiro atoms. The maximum absolute atomic E-state index is 13.4. The van der Waals surface area contributed by atoms with E-state index in [1.165, 1.54) is 22.0 Å². The third-order valence-corrected chi connectivity index (χ3v) is 6.34. The number of sulfonamides is 1. The Balaban J connectivity index is 1.90. The zero-order valence-corrected chi connectivity index (χ0v) is 14.4. The summed E-state index contributed by atoms with van der Waals surface area (Å²) in [6.07, 6.45) is 2.99. The average molecular weight is 345 g/mol. The van der Waals surface area contributed by atoms with Gasteiger partial charge in [0.25, 0.3) is 0 Å². The smallest absolute Gasteiger partial charge is 0.207 e. The number of hydrogen-bond donors (Lipinski definition) is 0. The summed E-state index contributed by atoms with van der Waals surface area (Å²) in [6.45, 7) is 2.32. The molecule has 3 nitrogen and oxygen atoms in total. The lowest BCUT2D eigenvalue weighted by molar-refractivity contribution is 0.426. The van der Waals surface area contributed by atoms with Crippen LogP contribution < -0.4 is 0 Å². The second-order valence-corrected chi connectivity index (χ2v) is 7.86. The van der Waals surface area contributed by atoms with Gasteiger partial charge in [-0.3, -0.25) is 0 Å². The molecule has 5 heteroatoms. The van der Waals surface area contributed by atoms with E-state index in [9.17, 15) is 12.8 Å². The van der Waals surface area contributed by atoms with Gasteiger partial charge in [-0.05, 0) is 47.7 Å². The number of benzene rings is 2. The maximum atomic E-state index is 13.4. The molecule has 0 unspecified atom stereocenters. The van der Waals surface area contributed by atoms with E-state index in [0.29, 0.717) is 23.4 Å². The minimum atomic E-state index is -3.56. The van der Waals surface area contributed by atoms with Crippen LogP contribution in [0.1, 0.15) is 30.0 Å². The number of hydrogen-bond acceptors (Lipinski definition) is 2. The SMILES string of the molecule is CCN(Cc1cccc(F)c1)S(=O)(=O)C1=Cc2ccccc2CC1. The number of allylic oxidation sites excluding steroid dienone is 1. The van der Waals surface area contributed by atoms with E-state index >= 15 is 0 Å². The van der Waals surface area contributed by atoms with Crippen LogP contribution in [0.2, 0.25) is 0 Å². The molecule has 0 aliphatic heterocycles. The van der Waals surface area contributed by atoms with Crippen molar-refractivity contribution in [3.05, 3.63) is 75.9 Å². The predicted molar refractivity (Wildman–Crippen MR) is 94.1 cm³/mol. The first-order chi connectivity index (χ1) is 11.5. The molecule has 0 bridgehead atoms. The summed E-state index contributed by atoms with van der Waals surface area (Å²) < 4.78 is 40.7. The summed E-state index contributed by atoms with van der Waals surface area (Å²) in [5, 5.41) is 0. The van der Waals surface area contributed by atoms with Gasteiger partial charge in [-0.25, -0.2) is 12.8 Å². The first-order valence-electron chi connectivity index (χ1n) is 8.04. The molecule has 3 rings (SSSR count). The van der Waals surface area contributed by atoms with Crippen LogP contribution in [-0.4, -0.2) is 19.3 Å². The van der Waals surface area contributed by atoms with Crippen LogP contribution in [0, 0.1) is 5.82 Å². The number of rotatable bonds is 5. The van der Waals surface area contributed by atoms with Crippen molar-refractivity contribution < 1.29 is 12.8 Å². The second kappa shape index (κ2) is 6.87. The van der Waals surface area contributed by atoms with Crippen LogP contribution in [0.25, 0.3) is 6.08 Å². The second-order valence-electron chi connectivity index (χ2n) is 5.87. The number of nitrogens with zero attached hydrogens (tertiary/aromatic N) is 1. The quantitative estimate of drug-likeness (QED) is 0.822. The molecule has 0 saturated carbocycles. The van der Waals surface area contributed by atoms with Crippen molar-refractivity contribution in [2.24, 2.45) is 0 Å². The first-order valence-corrected chi connectivity index (χ1v) is 9.48. The van der Waals surface area contributed by atoms with Crippen molar-refractivity contribution in [3.8, 4) is 0 Å². The molecule has 24 heavy (non-hydrogen) atoms. The fourth-order valence-electron chi connectivity index (χ4n) is 2.98. The molecule has 0 aromatic heterocycles. The molecule has 0 fully saturated rings. The van der Waals surface area contributed by atoms with Gasteiger partial charge >= 0.3 is 0 Å². The van der Waals surface area contributed by atoms with Gasteiger partial charge in [0.05, 0.1) is 4.91 Å². The Kier molecular flexibility index (Phi) is 4.83. The minimum absolute atomic E-state index is 0.176. The van der Waals surface area contributed by atoms with Crippen molar-refractivity contribution in [1.29, 1.82) is 0 Å². The highest BCUT2D eigenvalue weighted by Crippen LogP contribution is 2.29. The van der Waals surface area contributed by atoms with E-state index in [1.807, 2.05) is 24.3 Å². The van der Waals surface area contributed by atoms with Gasteiger partial charge < -0.3 is 0 Å². The van der Waals surface area contributed by atoms with Crippen molar-refractivity contribution >= 4 is 16.1 Å². The lowest BCUT2D eigenvalue weighted by Crippen LogP contribution is -2.32. The molecule has 0 N–H and O–H groups in total. The molecular weight excluding hydrogens is 325 g/mol. The predicted octanol–water partition coefficient (Wildman–Crippen LogP) is 3.96. The molecule has 1 aliphatic rings. The molecular formula is C19H20FNO2S. The third-order valence-electron chi connectivity index (χ3n) is 4.28. The van der Waals surface area contributed by atoms with E-state index in [-0.39, 0.29) is 12.4 Å². The van der Waals surface area contributed by atoms with Crippen LogP contribution in [0.15, 0.2) is 53.4 Å². The summed E-state index contributed by atoms with van der Waals surface area (Å²) in [5.41, 5.74) is 2.78. The van der Waals surface area contributed by atoms with Crippen molar-refractivity contribution in [2.75, 3.05) is 6.54 Å². The van der Waals surface area contributed by atoms with Gasteiger partial charge in [0, 0.05) is 13.1 Å². The highest BCUT2D eigenvalue weighted by atomic mass is 32.2. The molecule has 0 saturated heterocycles. The van der Waals surface area contributed by atoms with Gasteiger partial charge in [0.15, 0.2) is 0 Å². The summed E-state index contributed by atoms with van der Waals surface area (Å²) >= 11 is 0. The lowest BCUT2D eigenvalue weighted by Gasteiger charge is -2.24. The van der Waals surface area contributed by atoms with Crippen LogP contribution in [0.3, 0.4) is 0 Å². The normalized spacial score (nSPS) is 14.4. The van der Waals surface area contributed by atoms with E-state index in [1.54, 1.807) is 25.1 Å². The summed E-state index contributed by atoms with van der Waals surface area (Å²) in [6, 6.07) is 13.9. The summed E-state index contributed by atoms with van der Waals surface area (Å²) in [5.74, 6) is -0.355. The molecule has 126 valence electrons. The maximum Gasteiger partial charge on any atom is 0.239 e. The molecule has 1 aliphatic carbocycles. The first kappa shape index (κ1) is 16.9. The highest BCUT2D eigenvalue weighted by Gasteiger charge is 2.27. The minimum Gasteiger partial charge on any atom is -0.207 e. The molecule has 2 aromatic carbocycles. The molecule has 0 atom stereocenters. The fraction of sp³-hybridized carbons (Fsp3) is 0.263. The van der Waals surface area contributed by atoms with Gasteiger partial charge in [-0.2, -0.15) is 4.31 Å². The largest absolute Gasteiger partial charge is 0.239 e. The zero-order chi connectivity index (χ0) is 17.2. The summed E-state index contributed by atoms with van der Waals surface area (Å²) in [7, 11) is -3.56. The Hall–Kier alpha value is -1.98. The average Bonchev–Trinajstić information content (AvgIpc) is 2.59. The molecule has 0 radical (unpaired) electrons. The standard InChI is InChI=1S/C19H20FNO2S/c1-2-21(14-15-6-5-9-18(20)12-15)24(22,23)19-11-10-16-7-3-4-8-17(16)13-19/h3-9,12-13H,2,10-11,14H2,1H3. The Bertz CT molecular complexity index is 874. The molecule has 0 heterocycles. The van der Waals surface area contributed by atoms with Crippen molar-refractivity contribution in [3.63, 3.8) is 0 Å². The molecule has 2 aromatic rings. The third kappa shape index (κ3) is 3.42. The van der Waals surface area contributed by atoms with E-state index in [0.717, 1.165) is 12.0 Å². The topological polar surface area (TPSA) is 37.4 Å². The van der Waals surface area contributed by atoms with E-state index in [4.69, 9.17) is 0 Å². The van der Waals surface area contributed by atoms with Crippen LogP contribution >= 0.6 is 0 Å². The summed E-state index contributed by atoms with van der Waals surface area (Å²) in [4.78, 5) is 0.430. The number of aryl methyl sites for hydroxylation is 1. The Labute approximate surface area is 142 Å². The van der Waals surface area contributed by atoms with Crippen molar-refractivity contribution in [2.45, 2.75) is 26.3 Å². The molecule has 0 amide bonds. The van der Waals surface area contributed by atoms with E-state index in [2.05, 4.69) is 0 Å². The van der Waals surface area contributed by atoms with E-state index < -0.39 is 10.0 Å². The lowest BCUT2D eigenvalue weighted by atomic mass is 9.98. The fourth-order valence-corrected chi connectivity index (χ4v) is 4.61. The van der Waals surface area contributed by atoms with Gasteiger partial charge in [0.1, 0.15) is 5.82 Å². The Morgan fingerprint density at radius 1 is 1.08 bits per heavy atom. The Morgan fingerprint density at radius 2 is 1.88 bits per heavy atom. The van der Waals surface area contributed by atoms with Gasteiger partial charge in [0.2, 0.25) is 10.0 Å². The van der Waals surface area contributed by atoms with Gasteiger partial charge in [-0.1, -0.05) is 43.3 Å². The van der Waals surface area contributed by atoms with Crippen LogP contribution in [0.4, 0.5) is 4.39 Å². The number of halogens is 1. The monoisotopic (exact) mass is 345 g/mol. The zero-order valence-electron chi connectivity index (χ0n) is 13.6. The Morgan fingerprint density at radius 3 is 2.62 bits per heavy atom. The van der Waals surface area contributed by atoms with Crippen LogP contribution in [-0.2, 0) is 23.0 Å². The highest BCUT2D eigenvalue weighted by molar-refractivity contribution is 7.93.